The topological polar surface area (TPSA) is 87.2 Å². The van der Waals surface area contributed by atoms with Crippen molar-refractivity contribution in [2.24, 2.45) is 0 Å². The zero-order valence-electron chi connectivity index (χ0n) is 11.9. The molecule has 0 saturated carbocycles. The Balaban J connectivity index is 2.60. The largest absolute Gasteiger partial charge is 0.480 e. The van der Waals surface area contributed by atoms with Crippen molar-refractivity contribution in [3.8, 4) is 0 Å². The summed E-state index contributed by atoms with van der Waals surface area (Å²) in [6, 6.07) is 0. The second kappa shape index (κ2) is 7.43. The molecule has 126 valence electrons. The molecule has 1 fully saturated rings. The van der Waals surface area contributed by atoms with Gasteiger partial charge in [-0.15, -0.1) is 0 Å². The average Bonchev–Trinajstić information content (AvgIpc) is 2.35. The van der Waals surface area contributed by atoms with E-state index in [4.69, 9.17) is 9.84 Å². The summed E-state index contributed by atoms with van der Waals surface area (Å²) in [6.45, 7) is 0.497. The summed E-state index contributed by atoms with van der Waals surface area (Å²) in [7, 11) is 0. The van der Waals surface area contributed by atoms with Crippen LogP contribution in [0, 0.1) is 0 Å². The molecule has 22 heavy (non-hydrogen) atoms. The molecule has 1 unspecified atom stereocenters. The monoisotopic (exact) mass is 326 g/mol. The zero-order chi connectivity index (χ0) is 16.9. The van der Waals surface area contributed by atoms with E-state index in [0.29, 0.717) is 0 Å². The van der Waals surface area contributed by atoms with Gasteiger partial charge >= 0.3 is 12.1 Å². The maximum absolute atomic E-state index is 12.2. The molecule has 0 aromatic carbocycles. The van der Waals surface area contributed by atoms with Gasteiger partial charge in [0.1, 0.15) is 13.0 Å². The molecule has 7 nitrogen and oxygen atoms in total. The van der Waals surface area contributed by atoms with Gasteiger partial charge in [-0.1, -0.05) is 0 Å². The molecule has 1 rings (SSSR count). The number of nitrogens with zero attached hydrogens (tertiary/aromatic N) is 2. The molecule has 1 saturated heterocycles. The lowest BCUT2D eigenvalue weighted by Crippen LogP contribution is -2.51. The first-order chi connectivity index (χ1) is 10.1. The van der Waals surface area contributed by atoms with E-state index < -0.39 is 43.0 Å². The van der Waals surface area contributed by atoms with Crippen molar-refractivity contribution in [3.05, 3.63) is 0 Å². The van der Waals surface area contributed by atoms with Crippen molar-refractivity contribution >= 4 is 17.8 Å². The van der Waals surface area contributed by atoms with E-state index >= 15 is 0 Å². The molecule has 0 aromatic rings. The van der Waals surface area contributed by atoms with Gasteiger partial charge in [-0.05, 0) is 0 Å². The minimum absolute atomic E-state index is 0.0322. The number of aliphatic carboxylic acids is 1. The highest BCUT2D eigenvalue weighted by molar-refractivity contribution is 5.79. The number of amides is 2. The smallest absolute Gasteiger partial charge is 0.397 e. The highest BCUT2D eigenvalue weighted by Crippen LogP contribution is 2.21. The molecular formula is C12H17F3N2O5. The van der Waals surface area contributed by atoms with Gasteiger partial charge in [0.2, 0.25) is 11.8 Å². The fourth-order valence-electron chi connectivity index (χ4n) is 2.05. The third-order valence-electron chi connectivity index (χ3n) is 3.04. The number of hydrogen-bond donors (Lipinski definition) is 1. The van der Waals surface area contributed by atoms with Crippen molar-refractivity contribution in [3.63, 3.8) is 0 Å². The number of carboxylic acid groups (broad SMARTS) is 1. The van der Waals surface area contributed by atoms with E-state index in [9.17, 15) is 27.6 Å². The standard InChI is InChI=1S/C12H17F3N2O5/c1-8(18)17(7-11(20)21)6-9-5-16(2-3-22-9)10(19)4-12(13,14)15/h9H,2-7H2,1H3,(H,20,21). The third kappa shape index (κ3) is 6.29. The van der Waals surface area contributed by atoms with Gasteiger partial charge in [0, 0.05) is 26.6 Å². The minimum Gasteiger partial charge on any atom is -0.480 e. The predicted octanol–water partition coefficient (Wildman–Crippen LogP) is 0.0993. The van der Waals surface area contributed by atoms with Crippen LogP contribution < -0.4 is 0 Å². The number of morpholine rings is 1. The van der Waals surface area contributed by atoms with Crippen LogP contribution in [0.4, 0.5) is 13.2 Å². The summed E-state index contributed by atoms with van der Waals surface area (Å²) < 4.78 is 42.0. The van der Waals surface area contributed by atoms with Crippen LogP contribution in [0.5, 0.6) is 0 Å². The number of halogens is 3. The Morgan fingerprint density at radius 2 is 2.00 bits per heavy atom. The van der Waals surface area contributed by atoms with Crippen LogP contribution in [-0.2, 0) is 19.1 Å². The second-order valence-electron chi connectivity index (χ2n) is 4.92. The number of alkyl halides is 3. The average molecular weight is 326 g/mol. The summed E-state index contributed by atoms with van der Waals surface area (Å²) in [5.74, 6) is -2.77. The third-order valence-corrected chi connectivity index (χ3v) is 3.04. The van der Waals surface area contributed by atoms with Crippen LogP contribution in [0.25, 0.3) is 0 Å². The lowest BCUT2D eigenvalue weighted by molar-refractivity contribution is -0.167. The van der Waals surface area contributed by atoms with E-state index in [0.717, 1.165) is 9.80 Å². The van der Waals surface area contributed by atoms with Crippen LogP contribution >= 0.6 is 0 Å². The Bertz CT molecular complexity index is 441. The zero-order valence-corrected chi connectivity index (χ0v) is 11.9. The van der Waals surface area contributed by atoms with Gasteiger partial charge in [0.25, 0.3) is 0 Å². The number of rotatable bonds is 5. The van der Waals surface area contributed by atoms with Crippen LogP contribution in [0.15, 0.2) is 0 Å². The summed E-state index contributed by atoms with van der Waals surface area (Å²) in [5.41, 5.74) is 0. The number of carbonyl (C=O) groups is 3. The normalized spacial score (nSPS) is 18.9. The first-order valence-electron chi connectivity index (χ1n) is 6.52. The van der Waals surface area contributed by atoms with E-state index in [1.54, 1.807) is 0 Å². The molecule has 0 aromatic heterocycles. The summed E-state index contributed by atoms with van der Waals surface area (Å²) in [4.78, 5) is 35.5. The number of carboxylic acids is 1. The molecule has 0 spiro atoms. The number of ether oxygens (including phenoxy) is 1. The first-order valence-corrected chi connectivity index (χ1v) is 6.52. The van der Waals surface area contributed by atoms with Gasteiger partial charge in [0.15, 0.2) is 0 Å². The molecule has 0 bridgehead atoms. The molecule has 1 aliphatic heterocycles. The lowest BCUT2D eigenvalue weighted by Gasteiger charge is -2.35. The number of hydrogen-bond acceptors (Lipinski definition) is 4. The fourth-order valence-corrected chi connectivity index (χ4v) is 2.05. The van der Waals surface area contributed by atoms with Crippen LogP contribution in [0.2, 0.25) is 0 Å². The van der Waals surface area contributed by atoms with Crippen LogP contribution in [0.1, 0.15) is 13.3 Å². The summed E-state index contributed by atoms with van der Waals surface area (Å²) >= 11 is 0. The van der Waals surface area contributed by atoms with Crippen molar-refractivity contribution < 1.29 is 37.4 Å². The van der Waals surface area contributed by atoms with E-state index in [1.165, 1.54) is 6.92 Å². The van der Waals surface area contributed by atoms with E-state index in [2.05, 4.69) is 0 Å². The maximum Gasteiger partial charge on any atom is 0.397 e. The van der Waals surface area contributed by atoms with Gasteiger partial charge in [-0.3, -0.25) is 14.4 Å². The maximum atomic E-state index is 12.2. The predicted molar refractivity (Wildman–Crippen MR) is 66.9 cm³/mol. The Kier molecular flexibility index (Phi) is 6.15. The molecule has 0 aliphatic carbocycles. The highest BCUT2D eigenvalue weighted by Gasteiger charge is 2.35. The Morgan fingerprint density at radius 1 is 1.36 bits per heavy atom. The Hall–Kier alpha value is -1.84. The van der Waals surface area contributed by atoms with Gasteiger partial charge in [-0.2, -0.15) is 13.2 Å². The molecule has 2 amide bonds. The Morgan fingerprint density at radius 3 is 2.50 bits per heavy atom. The molecule has 1 heterocycles. The van der Waals surface area contributed by atoms with Crippen LogP contribution in [0.3, 0.4) is 0 Å². The molecule has 0 radical (unpaired) electrons. The van der Waals surface area contributed by atoms with Crippen molar-refractivity contribution in [1.82, 2.24) is 9.80 Å². The van der Waals surface area contributed by atoms with Crippen molar-refractivity contribution in [2.45, 2.75) is 25.6 Å². The molecule has 1 atom stereocenters. The van der Waals surface area contributed by atoms with Gasteiger partial charge in [-0.25, -0.2) is 0 Å². The van der Waals surface area contributed by atoms with E-state index in [1.807, 2.05) is 0 Å². The fraction of sp³-hybridized carbons (Fsp3) is 0.750. The highest BCUT2D eigenvalue weighted by atomic mass is 19.4. The van der Waals surface area contributed by atoms with Crippen molar-refractivity contribution in [2.75, 3.05) is 32.8 Å². The lowest BCUT2D eigenvalue weighted by atomic mass is 10.2. The van der Waals surface area contributed by atoms with E-state index in [-0.39, 0.29) is 26.2 Å². The molecule has 1 aliphatic rings. The van der Waals surface area contributed by atoms with Gasteiger partial charge < -0.3 is 19.6 Å². The SMILES string of the molecule is CC(=O)N(CC(=O)O)CC1CN(C(=O)CC(F)(F)F)CCO1. The quantitative estimate of drug-likeness (QED) is 0.774. The molecule has 1 N–H and O–H groups in total. The summed E-state index contributed by atoms with van der Waals surface area (Å²) in [5, 5.41) is 8.71. The Labute approximate surface area is 124 Å². The molecule has 10 heteroatoms. The molecular weight excluding hydrogens is 309 g/mol. The first kappa shape index (κ1) is 18.2. The minimum atomic E-state index is -4.58. The van der Waals surface area contributed by atoms with Gasteiger partial charge in [0.05, 0.1) is 12.7 Å². The summed E-state index contributed by atoms with van der Waals surface area (Å²) in [6.07, 6.45) is -6.85. The van der Waals surface area contributed by atoms with Crippen LogP contribution in [-0.4, -0.2) is 77.8 Å². The number of carbonyl (C=O) groups excluding carboxylic acids is 2. The second-order valence-corrected chi connectivity index (χ2v) is 4.92. The van der Waals surface area contributed by atoms with Crippen molar-refractivity contribution in [1.29, 1.82) is 0 Å².